The fourth-order valence-corrected chi connectivity index (χ4v) is 2.84. The lowest BCUT2D eigenvalue weighted by molar-refractivity contribution is 0.412. The molecule has 2 aromatic heterocycles. The molecule has 0 bridgehead atoms. The molecule has 122 valence electrons. The van der Waals surface area contributed by atoms with Gasteiger partial charge >= 0.3 is 0 Å². The molecule has 2 aromatic carbocycles. The molecule has 0 atom stereocenters. The van der Waals surface area contributed by atoms with Crippen LogP contribution in [0.1, 0.15) is 0 Å². The largest absolute Gasteiger partial charge is 0.495 e. The average molecular weight is 329 g/mol. The van der Waals surface area contributed by atoms with Gasteiger partial charge in [-0.3, -0.25) is 14.3 Å². The number of hydrogen-bond donors (Lipinski definition) is 0. The van der Waals surface area contributed by atoms with Crippen LogP contribution in [0.3, 0.4) is 0 Å². The van der Waals surface area contributed by atoms with Crippen LogP contribution >= 0.6 is 0 Å². The summed E-state index contributed by atoms with van der Waals surface area (Å²) in [5, 5.41) is 0.549. The lowest BCUT2D eigenvalue weighted by Gasteiger charge is -2.15. The van der Waals surface area contributed by atoms with E-state index in [4.69, 9.17) is 9.72 Å². The van der Waals surface area contributed by atoms with E-state index in [2.05, 4.69) is 4.98 Å². The lowest BCUT2D eigenvalue weighted by Crippen LogP contribution is -2.22. The molecule has 0 fully saturated rings. The van der Waals surface area contributed by atoms with Crippen molar-refractivity contribution in [3.63, 3.8) is 0 Å². The van der Waals surface area contributed by atoms with Crippen molar-refractivity contribution in [3.05, 3.63) is 83.3 Å². The third kappa shape index (κ3) is 2.55. The highest BCUT2D eigenvalue weighted by Crippen LogP contribution is 2.26. The third-order valence-electron chi connectivity index (χ3n) is 4.00. The first-order valence-electron chi connectivity index (χ1n) is 7.86. The molecule has 0 amide bonds. The van der Waals surface area contributed by atoms with Crippen molar-refractivity contribution in [3.8, 4) is 23.0 Å². The molecule has 0 radical (unpaired) electrons. The van der Waals surface area contributed by atoms with Gasteiger partial charge in [-0.25, -0.2) is 4.98 Å². The minimum absolute atomic E-state index is 0.157. The number of methoxy groups -OCH3 is 1. The van der Waals surface area contributed by atoms with Crippen LogP contribution in [0.15, 0.2) is 77.7 Å². The minimum atomic E-state index is -0.157. The maximum atomic E-state index is 13.2. The summed E-state index contributed by atoms with van der Waals surface area (Å²) >= 11 is 0. The van der Waals surface area contributed by atoms with Crippen molar-refractivity contribution in [1.82, 2.24) is 14.5 Å². The summed E-state index contributed by atoms with van der Waals surface area (Å²) in [4.78, 5) is 22.3. The third-order valence-corrected chi connectivity index (χ3v) is 4.00. The Hall–Kier alpha value is -3.47. The molecule has 0 spiro atoms. The van der Waals surface area contributed by atoms with E-state index in [9.17, 15) is 4.79 Å². The van der Waals surface area contributed by atoms with E-state index in [0.29, 0.717) is 33.9 Å². The Morgan fingerprint density at radius 2 is 1.68 bits per heavy atom. The average Bonchev–Trinajstić information content (AvgIpc) is 2.68. The summed E-state index contributed by atoms with van der Waals surface area (Å²) < 4.78 is 7.01. The second kappa shape index (κ2) is 6.20. The zero-order chi connectivity index (χ0) is 17.2. The second-order valence-electron chi connectivity index (χ2n) is 5.48. The van der Waals surface area contributed by atoms with Crippen LogP contribution in [0.4, 0.5) is 0 Å². The summed E-state index contributed by atoms with van der Waals surface area (Å²) in [7, 11) is 1.58. The Morgan fingerprint density at radius 1 is 0.920 bits per heavy atom. The molecule has 0 aliphatic heterocycles. The van der Waals surface area contributed by atoms with Gasteiger partial charge in [0.05, 0.1) is 23.7 Å². The van der Waals surface area contributed by atoms with E-state index in [1.54, 1.807) is 23.9 Å². The van der Waals surface area contributed by atoms with E-state index in [1.807, 2.05) is 60.7 Å². The molecule has 0 aliphatic rings. The molecule has 25 heavy (non-hydrogen) atoms. The van der Waals surface area contributed by atoms with Crippen LogP contribution in [0.2, 0.25) is 0 Å². The molecule has 5 heteroatoms. The molecule has 5 nitrogen and oxygen atoms in total. The van der Waals surface area contributed by atoms with Crippen molar-refractivity contribution in [2.24, 2.45) is 0 Å². The minimum Gasteiger partial charge on any atom is -0.495 e. The molecule has 4 aromatic rings. The highest BCUT2D eigenvalue weighted by Gasteiger charge is 2.17. The normalized spacial score (nSPS) is 10.8. The molecule has 0 unspecified atom stereocenters. The number of pyridine rings is 1. The predicted octanol–water partition coefficient (Wildman–Crippen LogP) is 3.46. The van der Waals surface area contributed by atoms with Crippen LogP contribution in [-0.4, -0.2) is 21.6 Å². The molecule has 4 rings (SSSR count). The predicted molar refractivity (Wildman–Crippen MR) is 97.1 cm³/mol. The van der Waals surface area contributed by atoms with Crippen LogP contribution in [0, 0.1) is 0 Å². The molecular weight excluding hydrogens is 314 g/mol. The molecule has 0 aliphatic carbocycles. The molecular formula is C20H15N3O2. The number of rotatable bonds is 3. The molecule has 0 saturated carbocycles. The van der Waals surface area contributed by atoms with Crippen molar-refractivity contribution in [1.29, 1.82) is 0 Å². The fourth-order valence-electron chi connectivity index (χ4n) is 2.84. The molecule has 0 N–H and O–H groups in total. The van der Waals surface area contributed by atoms with Crippen molar-refractivity contribution in [2.75, 3.05) is 7.11 Å². The Morgan fingerprint density at radius 3 is 2.48 bits per heavy atom. The monoisotopic (exact) mass is 329 g/mol. The van der Waals surface area contributed by atoms with Gasteiger partial charge in [-0.2, -0.15) is 0 Å². The zero-order valence-corrected chi connectivity index (χ0v) is 13.6. The number of ether oxygens (including phenoxy) is 1. The maximum absolute atomic E-state index is 13.2. The summed E-state index contributed by atoms with van der Waals surface area (Å²) in [6, 6.07) is 20.2. The van der Waals surface area contributed by atoms with Crippen LogP contribution in [0.5, 0.6) is 5.75 Å². The summed E-state index contributed by atoms with van der Waals surface area (Å²) in [6.45, 7) is 0. The summed E-state index contributed by atoms with van der Waals surface area (Å²) in [6.07, 6.45) is 1.68. The first-order valence-corrected chi connectivity index (χ1v) is 7.86. The van der Waals surface area contributed by atoms with E-state index >= 15 is 0 Å². The van der Waals surface area contributed by atoms with Gasteiger partial charge in [0.15, 0.2) is 5.82 Å². The number of para-hydroxylation sites is 3. The second-order valence-corrected chi connectivity index (χ2v) is 5.48. The highest BCUT2D eigenvalue weighted by atomic mass is 16.5. The Labute approximate surface area is 144 Å². The van der Waals surface area contributed by atoms with Crippen molar-refractivity contribution in [2.45, 2.75) is 0 Å². The summed E-state index contributed by atoms with van der Waals surface area (Å²) in [5.74, 6) is 1.08. The number of nitrogens with zero attached hydrogens (tertiary/aromatic N) is 3. The first-order chi connectivity index (χ1) is 12.3. The maximum Gasteiger partial charge on any atom is 0.266 e. The van der Waals surface area contributed by atoms with Gasteiger partial charge in [-0.05, 0) is 36.4 Å². The lowest BCUT2D eigenvalue weighted by atomic mass is 10.2. The topological polar surface area (TPSA) is 57.0 Å². The first kappa shape index (κ1) is 15.1. The molecule has 2 heterocycles. The van der Waals surface area contributed by atoms with E-state index in [0.717, 1.165) is 0 Å². The standard InChI is InChI=1S/C20H15N3O2/c1-25-18-12-5-4-11-17(18)23-19(16-10-6-7-13-21-16)22-15-9-3-2-8-14(15)20(23)24/h2-13H,1H3. The Bertz CT molecular complexity index is 1100. The van der Waals surface area contributed by atoms with Crippen LogP contribution < -0.4 is 10.3 Å². The van der Waals surface area contributed by atoms with E-state index in [-0.39, 0.29) is 5.56 Å². The highest BCUT2D eigenvalue weighted by molar-refractivity contribution is 5.80. The number of aromatic nitrogens is 3. The van der Waals surface area contributed by atoms with Gasteiger partial charge in [-0.1, -0.05) is 30.3 Å². The fraction of sp³-hybridized carbons (Fsp3) is 0.0500. The number of hydrogen-bond acceptors (Lipinski definition) is 4. The zero-order valence-electron chi connectivity index (χ0n) is 13.6. The van der Waals surface area contributed by atoms with Gasteiger partial charge in [0.2, 0.25) is 0 Å². The van der Waals surface area contributed by atoms with Gasteiger partial charge in [0.25, 0.3) is 5.56 Å². The summed E-state index contributed by atoms with van der Waals surface area (Å²) in [5.41, 5.74) is 1.74. The van der Waals surface area contributed by atoms with Gasteiger partial charge in [0.1, 0.15) is 11.4 Å². The van der Waals surface area contributed by atoms with Gasteiger partial charge in [0, 0.05) is 6.20 Å². The van der Waals surface area contributed by atoms with Gasteiger partial charge < -0.3 is 4.74 Å². The Balaban J connectivity index is 2.15. The van der Waals surface area contributed by atoms with Crippen molar-refractivity contribution < 1.29 is 4.74 Å². The van der Waals surface area contributed by atoms with Crippen LogP contribution in [0.25, 0.3) is 28.1 Å². The van der Waals surface area contributed by atoms with Crippen LogP contribution in [-0.2, 0) is 0 Å². The van der Waals surface area contributed by atoms with E-state index < -0.39 is 0 Å². The Kier molecular flexibility index (Phi) is 3.74. The molecule has 0 saturated heterocycles. The van der Waals surface area contributed by atoms with Gasteiger partial charge in [-0.15, -0.1) is 0 Å². The van der Waals surface area contributed by atoms with Crippen molar-refractivity contribution >= 4 is 10.9 Å². The SMILES string of the molecule is COc1ccccc1-n1c(-c2ccccn2)nc2ccccc2c1=O. The number of fused-ring (bicyclic) bond motifs is 1. The smallest absolute Gasteiger partial charge is 0.266 e. The number of benzene rings is 2. The quantitative estimate of drug-likeness (QED) is 0.577. The van der Waals surface area contributed by atoms with E-state index in [1.165, 1.54) is 0 Å².